The number of piperazine rings is 1. The van der Waals surface area contributed by atoms with E-state index >= 15 is 0 Å². The van der Waals surface area contributed by atoms with E-state index in [0.717, 1.165) is 74.5 Å². The molecule has 0 radical (unpaired) electrons. The van der Waals surface area contributed by atoms with Crippen LogP contribution in [0.25, 0.3) is 0 Å². The predicted molar refractivity (Wildman–Crippen MR) is 124 cm³/mol. The average molecular weight is 439 g/mol. The molecule has 8 aliphatic carbocycles. The van der Waals surface area contributed by atoms with Gasteiger partial charge in [-0.05, 0) is 123 Å². The van der Waals surface area contributed by atoms with Gasteiger partial charge in [0.15, 0.2) is 0 Å². The molecule has 0 spiro atoms. The van der Waals surface area contributed by atoms with Crippen molar-refractivity contribution in [3.63, 3.8) is 0 Å². The molecule has 176 valence electrons. The SMILES string of the molecule is O=C(CC12CC3CC(CC(C3)C1)C2)N1CCN(C(=O)CC23CC4CC(CC(C4)C2)C3)CC1. The predicted octanol–water partition coefficient (Wildman–Crippen LogP) is 4.87. The molecule has 32 heavy (non-hydrogen) atoms. The summed E-state index contributed by atoms with van der Waals surface area (Å²) in [5, 5.41) is 0. The van der Waals surface area contributed by atoms with E-state index < -0.39 is 0 Å². The summed E-state index contributed by atoms with van der Waals surface area (Å²) < 4.78 is 0. The van der Waals surface area contributed by atoms with E-state index in [-0.39, 0.29) is 0 Å². The van der Waals surface area contributed by atoms with E-state index in [1.54, 1.807) is 0 Å². The normalized spacial score (nSPS) is 48.5. The van der Waals surface area contributed by atoms with Crippen LogP contribution in [0, 0.1) is 46.3 Å². The van der Waals surface area contributed by atoms with Crippen LogP contribution in [-0.2, 0) is 9.59 Å². The van der Waals surface area contributed by atoms with Crippen molar-refractivity contribution in [1.29, 1.82) is 0 Å². The molecule has 0 N–H and O–H groups in total. The van der Waals surface area contributed by atoms with Gasteiger partial charge >= 0.3 is 0 Å². The van der Waals surface area contributed by atoms with Gasteiger partial charge in [-0.25, -0.2) is 0 Å². The first-order valence-corrected chi connectivity index (χ1v) is 14.0. The summed E-state index contributed by atoms with van der Waals surface area (Å²) in [6, 6.07) is 0. The molecule has 9 fully saturated rings. The largest absolute Gasteiger partial charge is 0.339 e. The summed E-state index contributed by atoms with van der Waals surface area (Å²) in [5.74, 6) is 6.24. The fourth-order valence-electron chi connectivity index (χ4n) is 11.1. The third kappa shape index (κ3) is 3.45. The molecule has 1 saturated heterocycles. The molecule has 8 saturated carbocycles. The summed E-state index contributed by atoms with van der Waals surface area (Å²) in [6.45, 7) is 3.05. The summed E-state index contributed by atoms with van der Waals surface area (Å²) >= 11 is 0. The van der Waals surface area contributed by atoms with Crippen LogP contribution >= 0.6 is 0 Å². The van der Waals surface area contributed by atoms with Crippen molar-refractivity contribution in [3.8, 4) is 0 Å². The van der Waals surface area contributed by atoms with E-state index in [2.05, 4.69) is 9.80 Å². The van der Waals surface area contributed by atoms with Gasteiger partial charge in [-0.15, -0.1) is 0 Å². The van der Waals surface area contributed by atoms with Gasteiger partial charge in [-0.2, -0.15) is 0 Å². The molecule has 4 nitrogen and oxygen atoms in total. The number of carbonyl (C=O) groups excluding carboxylic acids is 2. The maximum absolute atomic E-state index is 13.3. The lowest BCUT2D eigenvalue weighted by Gasteiger charge is -2.57. The molecule has 0 aromatic heterocycles. The van der Waals surface area contributed by atoms with Crippen LogP contribution in [0.1, 0.15) is 89.9 Å². The molecule has 8 bridgehead atoms. The average Bonchev–Trinajstić information content (AvgIpc) is 2.71. The van der Waals surface area contributed by atoms with Crippen LogP contribution in [0.15, 0.2) is 0 Å². The highest BCUT2D eigenvalue weighted by Crippen LogP contribution is 2.62. The van der Waals surface area contributed by atoms with Gasteiger partial charge in [0.25, 0.3) is 0 Å². The third-order valence-electron chi connectivity index (χ3n) is 11.4. The molecule has 0 atom stereocenters. The Balaban J connectivity index is 0.938. The van der Waals surface area contributed by atoms with Gasteiger partial charge in [0.2, 0.25) is 11.8 Å². The molecule has 2 amide bonds. The van der Waals surface area contributed by atoms with Crippen molar-refractivity contribution in [2.24, 2.45) is 46.3 Å². The van der Waals surface area contributed by atoms with E-state index in [1.165, 1.54) is 77.0 Å². The Morgan fingerprint density at radius 2 is 0.750 bits per heavy atom. The minimum absolute atomic E-state index is 0.331. The maximum atomic E-state index is 13.3. The molecule has 4 heteroatoms. The Morgan fingerprint density at radius 3 is 1.00 bits per heavy atom. The lowest BCUT2D eigenvalue weighted by atomic mass is 9.49. The van der Waals surface area contributed by atoms with Gasteiger partial charge in [0.05, 0.1) is 0 Å². The highest BCUT2D eigenvalue weighted by molar-refractivity contribution is 5.79. The fraction of sp³-hybridized carbons (Fsp3) is 0.929. The Kier molecular flexibility index (Phi) is 4.58. The van der Waals surface area contributed by atoms with Crippen molar-refractivity contribution in [2.45, 2.75) is 89.9 Å². The zero-order chi connectivity index (χ0) is 21.5. The van der Waals surface area contributed by atoms with Crippen molar-refractivity contribution in [1.82, 2.24) is 9.80 Å². The molecular formula is C28H42N2O2. The summed E-state index contributed by atoms with van der Waals surface area (Å²) in [5.41, 5.74) is 0.661. The number of carbonyl (C=O) groups is 2. The van der Waals surface area contributed by atoms with Crippen LogP contribution < -0.4 is 0 Å². The summed E-state index contributed by atoms with van der Waals surface area (Å²) in [7, 11) is 0. The molecule has 1 heterocycles. The quantitative estimate of drug-likeness (QED) is 0.628. The molecular weight excluding hydrogens is 396 g/mol. The second-order valence-corrected chi connectivity index (χ2v) is 14.0. The van der Waals surface area contributed by atoms with Crippen LogP contribution in [0.5, 0.6) is 0 Å². The molecule has 0 aromatic rings. The molecule has 1 aliphatic heterocycles. The first kappa shape index (κ1) is 20.3. The van der Waals surface area contributed by atoms with Crippen molar-refractivity contribution in [2.75, 3.05) is 26.2 Å². The molecule has 9 rings (SSSR count). The molecule has 0 aromatic carbocycles. The lowest BCUT2D eigenvalue weighted by molar-refractivity contribution is -0.148. The second kappa shape index (κ2) is 7.22. The van der Waals surface area contributed by atoms with Gasteiger partial charge in [-0.1, -0.05) is 0 Å². The highest BCUT2D eigenvalue weighted by atomic mass is 16.2. The van der Waals surface area contributed by atoms with Gasteiger partial charge in [0.1, 0.15) is 0 Å². The van der Waals surface area contributed by atoms with Crippen molar-refractivity contribution >= 4 is 11.8 Å². The number of hydrogen-bond donors (Lipinski definition) is 0. The first-order valence-electron chi connectivity index (χ1n) is 14.0. The van der Waals surface area contributed by atoms with E-state index in [9.17, 15) is 9.59 Å². The van der Waals surface area contributed by atoms with Crippen LogP contribution in [0.4, 0.5) is 0 Å². The van der Waals surface area contributed by atoms with Gasteiger partial charge < -0.3 is 9.80 Å². The van der Waals surface area contributed by atoms with E-state index in [0.29, 0.717) is 22.6 Å². The zero-order valence-electron chi connectivity index (χ0n) is 19.9. The van der Waals surface area contributed by atoms with Gasteiger partial charge in [0, 0.05) is 39.0 Å². The zero-order valence-corrected chi connectivity index (χ0v) is 19.9. The number of hydrogen-bond acceptors (Lipinski definition) is 2. The lowest BCUT2D eigenvalue weighted by Crippen LogP contribution is -2.54. The van der Waals surface area contributed by atoms with E-state index in [4.69, 9.17) is 0 Å². The van der Waals surface area contributed by atoms with Crippen LogP contribution in [0.3, 0.4) is 0 Å². The Morgan fingerprint density at radius 1 is 0.500 bits per heavy atom. The minimum Gasteiger partial charge on any atom is -0.339 e. The molecule has 9 aliphatic rings. The standard InChI is InChI=1S/C28H42N2O2/c31-25(17-27-11-19-5-20(12-27)7-21(6-19)13-27)29-1-2-30(4-3-29)26(32)18-28-14-22-8-23(15-28)10-24(9-22)16-28/h19-24H,1-18H2. The minimum atomic E-state index is 0.331. The first-order chi connectivity index (χ1) is 15.4. The number of rotatable bonds is 4. The van der Waals surface area contributed by atoms with E-state index in [1.807, 2.05) is 0 Å². The van der Waals surface area contributed by atoms with Gasteiger partial charge in [-0.3, -0.25) is 9.59 Å². The van der Waals surface area contributed by atoms with Crippen LogP contribution in [-0.4, -0.2) is 47.8 Å². The second-order valence-electron chi connectivity index (χ2n) is 14.0. The Labute approximate surface area is 193 Å². The summed E-state index contributed by atoms with van der Waals surface area (Å²) in [6.07, 6.45) is 18.1. The fourth-order valence-corrected chi connectivity index (χ4v) is 11.1. The Hall–Kier alpha value is -1.06. The summed E-state index contributed by atoms with van der Waals surface area (Å²) in [4.78, 5) is 30.8. The number of nitrogens with zero attached hydrogens (tertiary/aromatic N) is 2. The highest BCUT2D eigenvalue weighted by Gasteiger charge is 2.53. The van der Waals surface area contributed by atoms with Crippen molar-refractivity contribution in [3.05, 3.63) is 0 Å². The van der Waals surface area contributed by atoms with Crippen molar-refractivity contribution < 1.29 is 9.59 Å². The smallest absolute Gasteiger partial charge is 0.223 e. The maximum Gasteiger partial charge on any atom is 0.223 e. The molecule has 0 unspecified atom stereocenters. The topological polar surface area (TPSA) is 40.6 Å². The Bertz CT molecular complexity index is 659. The third-order valence-corrected chi connectivity index (χ3v) is 11.4. The van der Waals surface area contributed by atoms with Crippen LogP contribution in [0.2, 0.25) is 0 Å². The number of amides is 2. The monoisotopic (exact) mass is 438 g/mol.